The monoisotopic (exact) mass is 497 g/mol. The van der Waals surface area contributed by atoms with Gasteiger partial charge in [-0.25, -0.2) is 0 Å². The molecule has 2 unspecified atom stereocenters. The van der Waals surface area contributed by atoms with Gasteiger partial charge < -0.3 is 0 Å². The molecule has 0 bridgehead atoms. The van der Waals surface area contributed by atoms with Gasteiger partial charge in [0.05, 0.1) is 0 Å². The van der Waals surface area contributed by atoms with E-state index in [2.05, 4.69) is 139 Å². The third kappa shape index (κ3) is 3.30. The van der Waals surface area contributed by atoms with Gasteiger partial charge in [-0.2, -0.15) is 0 Å². The van der Waals surface area contributed by atoms with Crippen LogP contribution in [-0.4, -0.2) is 4.98 Å². The maximum atomic E-state index is 4.63. The van der Waals surface area contributed by atoms with E-state index in [0.29, 0.717) is 11.8 Å². The minimum atomic E-state index is 0.354. The smallest absolute Gasteiger partial charge is 0.0352 e. The number of hydrogen-bond acceptors (Lipinski definition) is 1. The molecule has 1 heterocycles. The minimum absolute atomic E-state index is 0.354. The summed E-state index contributed by atoms with van der Waals surface area (Å²) in [4.78, 5) is 4.63. The van der Waals surface area contributed by atoms with Crippen LogP contribution in [0.3, 0.4) is 0 Å². The van der Waals surface area contributed by atoms with Crippen LogP contribution in [-0.2, 0) is 0 Å². The van der Waals surface area contributed by atoms with Crippen molar-refractivity contribution >= 4 is 43.5 Å². The van der Waals surface area contributed by atoms with Crippen molar-refractivity contribution in [1.29, 1.82) is 0 Å². The second-order valence-corrected chi connectivity index (χ2v) is 10.7. The lowest BCUT2D eigenvalue weighted by atomic mass is 9.72. The number of nitrogens with zero attached hydrogens (tertiary/aromatic N) is 1. The van der Waals surface area contributed by atoms with E-state index < -0.39 is 0 Å². The van der Waals surface area contributed by atoms with Crippen LogP contribution in [0.5, 0.6) is 0 Å². The van der Waals surface area contributed by atoms with Gasteiger partial charge in [0.2, 0.25) is 0 Å². The average Bonchev–Trinajstić information content (AvgIpc) is 3.01. The molecule has 0 radical (unpaired) electrons. The molecule has 0 fully saturated rings. The number of allylic oxidation sites excluding steroid dienone is 4. The standard InChI is InChI=1S/C38H27N/c1-24-26-11-4-5-13-28(26)30-15-8-9-17-34(30)38(24)35-19-18-32(33-20-21-39-23-37(33)35)36-22-25-10-2-3-12-27(25)29-14-6-7-16-31(29)36/h2-24,26H,1H3. The van der Waals surface area contributed by atoms with Crippen molar-refractivity contribution in [1.82, 2.24) is 4.98 Å². The highest BCUT2D eigenvalue weighted by Crippen LogP contribution is 2.42. The fourth-order valence-electron chi connectivity index (χ4n) is 6.99. The van der Waals surface area contributed by atoms with Crippen molar-refractivity contribution in [3.63, 3.8) is 0 Å². The maximum absolute atomic E-state index is 4.63. The molecular weight excluding hydrogens is 470 g/mol. The van der Waals surface area contributed by atoms with Crippen molar-refractivity contribution in [3.05, 3.63) is 150 Å². The lowest BCUT2D eigenvalue weighted by Gasteiger charge is -2.31. The summed E-state index contributed by atoms with van der Waals surface area (Å²) in [5.41, 5.74) is 6.64. The quantitative estimate of drug-likeness (QED) is 0.221. The van der Waals surface area contributed by atoms with Crippen molar-refractivity contribution in [2.24, 2.45) is 11.8 Å². The van der Waals surface area contributed by atoms with Gasteiger partial charge in [0.15, 0.2) is 0 Å². The summed E-state index contributed by atoms with van der Waals surface area (Å²) in [6, 6.07) is 35.7. The van der Waals surface area contributed by atoms with Crippen LogP contribution < -0.4 is 10.4 Å². The first-order valence-electron chi connectivity index (χ1n) is 13.8. The SMILES string of the molecule is CC1C(c2ccc(-c3cc4ccccc4c4ccccc34)c3ccncc23)=c2ccccc2=C2C=CC=CC21. The molecule has 184 valence electrons. The van der Waals surface area contributed by atoms with Gasteiger partial charge in [0, 0.05) is 23.7 Å². The predicted molar refractivity (Wildman–Crippen MR) is 165 cm³/mol. The van der Waals surface area contributed by atoms with Crippen LogP contribution in [0.2, 0.25) is 0 Å². The third-order valence-electron chi connectivity index (χ3n) is 8.75. The molecule has 0 saturated carbocycles. The van der Waals surface area contributed by atoms with E-state index >= 15 is 0 Å². The molecule has 2 aliphatic carbocycles. The van der Waals surface area contributed by atoms with Crippen LogP contribution in [0, 0.1) is 11.8 Å². The summed E-state index contributed by atoms with van der Waals surface area (Å²) in [6.07, 6.45) is 13.0. The molecule has 5 aromatic carbocycles. The van der Waals surface area contributed by atoms with Crippen molar-refractivity contribution in [3.8, 4) is 11.1 Å². The Hall–Kier alpha value is -4.75. The van der Waals surface area contributed by atoms with Gasteiger partial charge in [-0.15, -0.1) is 0 Å². The van der Waals surface area contributed by atoms with Crippen molar-refractivity contribution in [2.45, 2.75) is 6.92 Å². The molecule has 0 N–H and O–H groups in total. The van der Waals surface area contributed by atoms with E-state index in [1.54, 1.807) is 0 Å². The molecule has 2 atom stereocenters. The Labute approximate surface area is 227 Å². The van der Waals surface area contributed by atoms with Crippen molar-refractivity contribution in [2.75, 3.05) is 0 Å². The highest BCUT2D eigenvalue weighted by molar-refractivity contribution is 6.16. The number of fused-ring (bicyclic) bond motifs is 6. The van der Waals surface area contributed by atoms with E-state index in [9.17, 15) is 0 Å². The molecule has 2 aliphatic rings. The zero-order chi connectivity index (χ0) is 25.9. The largest absolute Gasteiger partial charge is 0.264 e. The van der Waals surface area contributed by atoms with E-state index in [1.807, 2.05) is 6.20 Å². The summed E-state index contributed by atoms with van der Waals surface area (Å²) in [5, 5.41) is 10.3. The third-order valence-corrected chi connectivity index (χ3v) is 8.75. The van der Waals surface area contributed by atoms with E-state index in [4.69, 9.17) is 0 Å². The number of pyridine rings is 1. The normalized spacial score (nSPS) is 18.1. The molecule has 1 heteroatoms. The van der Waals surface area contributed by atoms with Crippen LogP contribution in [0.1, 0.15) is 12.5 Å². The van der Waals surface area contributed by atoms with Crippen LogP contribution in [0.4, 0.5) is 0 Å². The molecule has 6 aromatic rings. The highest BCUT2D eigenvalue weighted by Gasteiger charge is 2.29. The van der Waals surface area contributed by atoms with Gasteiger partial charge in [-0.1, -0.05) is 116 Å². The number of hydrogen-bond donors (Lipinski definition) is 0. The second kappa shape index (κ2) is 8.64. The predicted octanol–water partition coefficient (Wildman–Crippen LogP) is 7.95. The Morgan fingerprint density at radius 1 is 0.590 bits per heavy atom. The molecule has 1 aromatic heterocycles. The maximum Gasteiger partial charge on any atom is 0.0352 e. The Bertz CT molecular complexity index is 2140. The summed E-state index contributed by atoms with van der Waals surface area (Å²) in [7, 11) is 0. The number of rotatable bonds is 2. The number of benzene rings is 5. The van der Waals surface area contributed by atoms with Crippen LogP contribution >= 0.6 is 0 Å². The fraction of sp³-hybridized carbons (Fsp3) is 0.0789. The molecule has 0 aliphatic heterocycles. The number of aromatic nitrogens is 1. The van der Waals surface area contributed by atoms with Crippen molar-refractivity contribution < 1.29 is 0 Å². The first-order chi connectivity index (χ1) is 19.3. The van der Waals surface area contributed by atoms with Gasteiger partial charge in [-0.05, 0) is 83.3 Å². The second-order valence-electron chi connectivity index (χ2n) is 10.7. The molecule has 8 rings (SSSR count). The lowest BCUT2D eigenvalue weighted by Crippen LogP contribution is -2.39. The first kappa shape index (κ1) is 22.3. The molecule has 0 amide bonds. The summed E-state index contributed by atoms with van der Waals surface area (Å²) < 4.78 is 0. The van der Waals surface area contributed by atoms with Gasteiger partial charge in [-0.3, -0.25) is 4.98 Å². The van der Waals surface area contributed by atoms with E-state index in [1.165, 1.54) is 70.6 Å². The summed E-state index contributed by atoms with van der Waals surface area (Å²) in [6.45, 7) is 2.38. The van der Waals surface area contributed by atoms with Gasteiger partial charge in [0.1, 0.15) is 0 Å². The van der Waals surface area contributed by atoms with E-state index in [0.717, 1.165) is 0 Å². The highest BCUT2D eigenvalue weighted by atomic mass is 14.6. The van der Waals surface area contributed by atoms with Crippen LogP contribution in [0.25, 0.3) is 54.6 Å². The lowest BCUT2D eigenvalue weighted by molar-refractivity contribution is 0.632. The fourth-order valence-corrected chi connectivity index (χ4v) is 6.99. The molecule has 0 saturated heterocycles. The summed E-state index contributed by atoms with van der Waals surface area (Å²) in [5.74, 6) is 0.725. The summed E-state index contributed by atoms with van der Waals surface area (Å²) >= 11 is 0. The molecule has 0 spiro atoms. The molecule has 39 heavy (non-hydrogen) atoms. The van der Waals surface area contributed by atoms with E-state index in [-0.39, 0.29) is 0 Å². The zero-order valence-electron chi connectivity index (χ0n) is 21.8. The Morgan fingerprint density at radius 2 is 1.31 bits per heavy atom. The first-order valence-corrected chi connectivity index (χ1v) is 13.8. The minimum Gasteiger partial charge on any atom is -0.264 e. The Kier molecular flexibility index (Phi) is 4.93. The Balaban J connectivity index is 1.46. The van der Waals surface area contributed by atoms with Crippen LogP contribution in [0.15, 0.2) is 134 Å². The van der Waals surface area contributed by atoms with Gasteiger partial charge >= 0.3 is 0 Å². The Morgan fingerprint density at radius 3 is 2.21 bits per heavy atom. The molecule has 1 nitrogen and oxygen atoms in total. The average molecular weight is 498 g/mol. The zero-order valence-corrected chi connectivity index (χ0v) is 21.8. The van der Waals surface area contributed by atoms with Gasteiger partial charge in [0.25, 0.3) is 0 Å². The topological polar surface area (TPSA) is 12.9 Å². The molecular formula is C38H27N.